The molecule has 1 amide bonds. The van der Waals surface area contributed by atoms with Gasteiger partial charge in [-0.2, -0.15) is 5.26 Å². The van der Waals surface area contributed by atoms with E-state index in [4.69, 9.17) is 0 Å². The van der Waals surface area contributed by atoms with E-state index in [0.717, 1.165) is 10.0 Å². The summed E-state index contributed by atoms with van der Waals surface area (Å²) in [6, 6.07) is 18.7. The molecule has 0 aliphatic rings. The zero-order chi connectivity index (χ0) is 15.2. The summed E-state index contributed by atoms with van der Waals surface area (Å²) in [6.07, 6.45) is 0. The number of nitrogens with zero attached hydrogens (tertiary/aromatic N) is 1. The summed E-state index contributed by atoms with van der Waals surface area (Å²) >= 11 is 3.41. The maximum atomic E-state index is 12.3. The van der Waals surface area contributed by atoms with Crippen molar-refractivity contribution in [3.8, 4) is 6.07 Å². The molecule has 2 atom stereocenters. The van der Waals surface area contributed by atoms with Gasteiger partial charge in [0.25, 0.3) is 0 Å². The molecule has 0 saturated heterocycles. The summed E-state index contributed by atoms with van der Waals surface area (Å²) in [5.41, 5.74) is 1.70. The summed E-state index contributed by atoms with van der Waals surface area (Å²) in [4.78, 5) is 12.3. The van der Waals surface area contributed by atoms with Gasteiger partial charge >= 0.3 is 0 Å². The van der Waals surface area contributed by atoms with E-state index >= 15 is 0 Å². The summed E-state index contributed by atoms with van der Waals surface area (Å²) in [7, 11) is 0. The van der Waals surface area contributed by atoms with Crippen molar-refractivity contribution in [1.82, 2.24) is 5.32 Å². The Kier molecular flexibility index (Phi) is 5.13. The molecular weight excluding hydrogens is 328 g/mol. The number of halogens is 1. The van der Waals surface area contributed by atoms with E-state index in [1.165, 1.54) is 0 Å². The Labute approximate surface area is 132 Å². The molecule has 0 fully saturated rings. The first-order chi connectivity index (χ1) is 10.1. The largest absolute Gasteiger partial charge is 0.348 e. The molecule has 0 bridgehead atoms. The Morgan fingerprint density at radius 2 is 1.81 bits per heavy atom. The predicted octanol–water partition coefficient (Wildman–Crippen LogP) is 3.93. The molecule has 2 rings (SSSR count). The summed E-state index contributed by atoms with van der Waals surface area (Å²) in [5, 5.41) is 12.1. The van der Waals surface area contributed by atoms with Crippen molar-refractivity contribution in [2.75, 3.05) is 0 Å². The van der Waals surface area contributed by atoms with Crippen LogP contribution in [0.1, 0.15) is 30.0 Å². The molecule has 2 unspecified atom stereocenters. The first-order valence-corrected chi connectivity index (χ1v) is 7.41. The van der Waals surface area contributed by atoms with Gasteiger partial charge in [-0.1, -0.05) is 58.4 Å². The Balaban J connectivity index is 2.12. The van der Waals surface area contributed by atoms with Gasteiger partial charge < -0.3 is 5.32 Å². The van der Waals surface area contributed by atoms with Gasteiger partial charge in [0, 0.05) is 4.47 Å². The lowest BCUT2D eigenvalue weighted by atomic mass is 9.99. The van der Waals surface area contributed by atoms with E-state index in [1.807, 2.05) is 49.4 Å². The third-order valence-electron chi connectivity index (χ3n) is 3.23. The molecule has 3 nitrogen and oxygen atoms in total. The molecular formula is C17H15BrN2O. The molecule has 0 heterocycles. The van der Waals surface area contributed by atoms with Crippen molar-refractivity contribution >= 4 is 21.8 Å². The molecule has 0 spiro atoms. The van der Waals surface area contributed by atoms with Crippen LogP contribution in [-0.2, 0) is 4.79 Å². The molecule has 2 aromatic rings. The number of benzene rings is 2. The molecule has 1 N–H and O–H groups in total. The van der Waals surface area contributed by atoms with E-state index in [2.05, 4.69) is 27.3 Å². The highest BCUT2D eigenvalue weighted by atomic mass is 79.9. The van der Waals surface area contributed by atoms with Gasteiger partial charge in [0.05, 0.1) is 12.1 Å². The Bertz CT molecular complexity index is 664. The van der Waals surface area contributed by atoms with Crippen molar-refractivity contribution in [3.63, 3.8) is 0 Å². The van der Waals surface area contributed by atoms with E-state index in [0.29, 0.717) is 5.56 Å². The third kappa shape index (κ3) is 3.93. The first-order valence-electron chi connectivity index (χ1n) is 6.62. The van der Waals surface area contributed by atoms with Gasteiger partial charge in [-0.3, -0.25) is 4.79 Å². The van der Waals surface area contributed by atoms with Crippen LogP contribution < -0.4 is 5.32 Å². The third-order valence-corrected chi connectivity index (χ3v) is 3.72. The Morgan fingerprint density at radius 3 is 2.43 bits per heavy atom. The van der Waals surface area contributed by atoms with Crippen LogP contribution in [0.5, 0.6) is 0 Å². The van der Waals surface area contributed by atoms with Crippen LogP contribution >= 0.6 is 15.9 Å². The molecule has 0 aromatic heterocycles. The number of nitriles is 1. The topological polar surface area (TPSA) is 52.9 Å². The number of hydrogen-bond donors (Lipinski definition) is 1. The molecule has 21 heavy (non-hydrogen) atoms. The molecule has 0 aliphatic heterocycles. The summed E-state index contributed by atoms with van der Waals surface area (Å²) < 4.78 is 0.959. The van der Waals surface area contributed by atoms with Crippen molar-refractivity contribution < 1.29 is 4.79 Å². The quantitative estimate of drug-likeness (QED) is 0.914. The SMILES string of the molecule is CC(NC(=O)C(C#N)c1ccccc1)c1cccc(Br)c1. The highest BCUT2D eigenvalue weighted by Gasteiger charge is 2.21. The molecule has 4 heteroatoms. The molecule has 2 aromatic carbocycles. The highest BCUT2D eigenvalue weighted by Crippen LogP contribution is 2.20. The van der Waals surface area contributed by atoms with Gasteiger partial charge in [0.2, 0.25) is 5.91 Å². The van der Waals surface area contributed by atoms with Crippen molar-refractivity contribution in [2.45, 2.75) is 18.9 Å². The van der Waals surface area contributed by atoms with E-state index in [1.54, 1.807) is 12.1 Å². The Hall–Kier alpha value is -2.12. The second-order valence-corrected chi connectivity index (χ2v) is 5.67. The molecule has 0 aliphatic carbocycles. The summed E-state index contributed by atoms with van der Waals surface area (Å²) in [6.45, 7) is 1.90. The minimum absolute atomic E-state index is 0.158. The van der Waals surface area contributed by atoms with Crippen LogP contribution in [0.3, 0.4) is 0 Å². The van der Waals surface area contributed by atoms with Gasteiger partial charge in [-0.25, -0.2) is 0 Å². The fraction of sp³-hybridized carbons (Fsp3) is 0.176. The van der Waals surface area contributed by atoms with Crippen LogP contribution in [0.25, 0.3) is 0 Å². The van der Waals surface area contributed by atoms with Gasteiger partial charge in [0.1, 0.15) is 5.92 Å². The normalized spacial score (nSPS) is 13.0. The fourth-order valence-corrected chi connectivity index (χ4v) is 2.50. The lowest BCUT2D eigenvalue weighted by Crippen LogP contribution is -2.31. The van der Waals surface area contributed by atoms with E-state index in [-0.39, 0.29) is 11.9 Å². The van der Waals surface area contributed by atoms with Crippen molar-refractivity contribution in [1.29, 1.82) is 5.26 Å². The standard InChI is InChI=1S/C17H15BrN2O/c1-12(14-8-5-9-15(18)10-14)20-17(21)16(11-19)13-6-3-2-4-7-13/h2-10,12,16H,1H3,(H,20,21). The van der Waals surface area contributed by atoms with Crippen LogP contribution in [0, 0.1) is 11.3 Å². The molecule has 0 saturated carbocycles. The monoisotopic (exact) mass is 342 g/mol. The average Bonchev–Trinajstić information content (AvgIpc) is 2.49. The predicted molar refractivity (Wildman–Crippen MR) is 85.5 cm³/mol. The van der Waals surface area contributed by atoms with Crippen LogP contribution in [-0.4, -0.2) is 5.91 Å². The van der Waals surface area contributed by atoms with Crippen LogP contribution in [0.15, 0.2) is 59.1 Å². The smallest absolute Gasteiger partial charge is 0.242 e. The minimum Gasteiger partial charge on any atom is -0.348 e. The number of rotatable bonds is 4. The molecule has 106 valence electrons. The Morgan fingerprint density at radius 1 is 1.14 bits per heavy atom. The van der Waals surface area contributed by atoms with Gasteiger partial charge in [0.15, 0.2) is 0 Å². The number of amides is 1. The number of carbonyl (C=O) groups is 1. The lowest BCUT2D eigenvalue weighted by molar-refractivity contribution is -0.122. The van der Waals surface area contributed by atoms with Gasteiger partial charge in [-0.05, 0) is 30.2 Å². The first kappa shape index (κ1) is 15.3. The minimum atomic E-state index is -0.791. The van der Waals surface area contributed by atoms with Crippen molar-refractivity contribution in [2.24, 2.45) is 0 Å². The average molecular weight is 343 g/mol. The maximum absolute atomic E-state index is 12.3. The van der Waals surface area contributed by atoms with Crippen molar-refractivity contribution in [3.05, 3.63) is 70.2 Å². The summed E-state index contributed by atoms with van der Waals surface area (Å²) in [5.74, 6) is -1.07. The zero-order valence-electron chi connectivity index (χ0n) is 11.6. The highest BCUT2D eigenvalue weighted by molar-refractivity contribution is 9.10. The number of nitrogens with one attached hydrogen (secondary N) is 1. The van der Waals surface area contributed by atoms with Gasteiger partial charge in [-0.15, -0.1) is 0 Å². The number of hydrogen-bond acceptors (Lipinski definition) is 2. The lowest BCUT2D eigenvalue weighted by Gasteiger charge is -2.17. The van der Waals surface area contributed by atoms with Crippen LogP contribution in [0.4, 0.5) is 0 Å². The zero-order valence-corrected chi connectivity index (χ0v) is 13.2. The second kappa shape index (κ2) is 7.05. The van der Waals surface area contributed by atoms with E-state index in [9.17, 15) is 10.1 Å². The van der Waals surface area contributed by atoms with E-state index < -0.39 is 5.92 Å². The van der Waals surface area contributed by atoms with Crippen LogP contribution in [0.2, 0.25) is 0 Å². The second-order valence-electron chi connectivity index (χ2n) is 4.76. The molecule has 0 radical (unpaired) electrons. The fourth-order valence-electron chi connectivity index (χ4n) is 2.09. The number of carbonyl (C=O) groups excluding carboxylic acids is 1. The maximum Gasteiger partial charge on any atom is 0.242 e.